The van der Waals surface area contributed by atoms with Gasteiger partial charge in [-0.25, -0.2) is 0 Å². The van der Waals surface area contributed by atoms with Gasteiger partial charge in [0.1, 0.15) is 0 Å². The van der Waals surface area contributed by atoms with Crippen LogP contribution in [0.5, 0.6) is 5.75 Å². The summed E-state index contributed by atoms with van der Waals surface area (Å²) < 4.78 is 8.77. The molecule has 0 amide bonds. The van der Waals surface area contributed by atoms with Crippen LogP contribution in [0.2, 0.25) is 12.1 Å². The molecular weight excluding hydrogens is 380 g/mol. The van der Waals surface area contributed by atoms with Gasteiger partial charge in [0, 0.05) is 0 Å². The average molecular weight is 420 g/mol. The maximum absolute atomic E-state index is 7.04. The second kappa shape index (κ2) is 8.84. The Kier molecular flexibility index (Phi) is 7.44. The van der Waals surface area contributed by atoms with Crippen LogP contribution in [0.15, 0.2) is 38.8 Å². The zero-order valence-corrected chi connectivity index (χ0v) is 21.9. The molecule has 2 rings (SSSR count). The van der Waals surface area contributed by atoms with Crippen LogP contribution in [0.1, 0.15) is 73.4 Å². The number of allylic oxidation sites excluding steroid dienone is 4. The summed E-state index contributed by atoms with van der Waals surface area (Å²) in [5.41, 5.74) is 7.49. The number of hydrogen-bond acceptors (Lipinski definition) is 1. The molecular formula is C24H39OSiTi. The SMILES string of the molecule is CC[SiH](CC)[Ti]([O]c1cc(C)cc(C(C)(C)C)c1)[C]1=C(C)C(C)=C(C)C1C. The molecule has 1 aromatic carbocycles. The van der Waals surface area contributed by atoms with E-state index < -0.39 is 24.2 Å². The molecule has 0 saturated carbocycles. The van der Waals surface area contributed by atoms with Crippen LogP contribution < -0.4 is 3.32 Å². The minimum atomic E-state index is -1.78. The first-order chi connectivity index (χ1) is 12.5. The van der Waals surface area contributed by atoms with Gasteiger partial charge in [-0.15, -0.1) is 0 Å². The van der Waals surface area contributed by atoms with Crippen LogP contribution in [0.4, 0.5) is 0 Å². The second-order valence-electron chi connectivity index (χ2n) is 9.33. The van der Waals surface area contributed by atoms with Gasteiger partial charge in [-0.05, 0) is 0 Å². The van der Waals surface area contributed by atoms with E-state index in [0.717, 1.165) is 5.75 Å². The molecule has 1 atom stereocenters. The fraction of sp³-hybridized carbons (Fsp3) is 0.583. The third-order valence-electron chi connectivity index (χ3n) is 6.41. The third kappa shape index (κ3) is 4.89. The molecule has 0 radical (unpaired) electrons. The van der Waals surface area contributed by atoms with Gasteiger partial charge >= 0.3 is 176 Å². The Bertz CT molecular complexity index is 750. The van der Waals surface area contributed by atoms with E-state index in [1.54, 1.807) is 15.0 Å². The second-order valence-corrected chi connectivity index (χ2v) is 20.6. The van der Waals surface area contributed by atoms with Crippen LogP contribution in [-0.2, 0) is 22.9 Å². The van der Waals surface area contributed by atoms with Gasteiger partial charge < -0.3 is 0 Å². The van der Waals surface area contributed by atoms with Crippen molar-refractivity contribution in [1.82, 2.24) is 0 Å². The summed E-state index contributed by atoms with van der Waals surface area (Å²) in [6.07, 6.45) is 0. The monoisotopic (exact) mass is 419 g/mol. The van der Waals surface area contributed by atoms with Crippen molar-refractivity contribution >= 4 is 6.66 Å². The molecule has 0 bridgehead atoms. The molecule has 1 unspecified atom stereocenters. The summed E-state index contributed by atoms with van der Waals surface area (Å²) in [4.78, 5) is 0. The van der Waals surface area contributed by atoms with Crippen LogP contribution in [0.3, 0.4) is 0 Å². The van der Waals surface area contributed by atoms with E-state index in [1.165, 1.54) is 28.8 Å². The van der Waals surface area contributed by atoms with E-state index >= 15 is 0 Å². The standard InChI is InChI=1S/C11H16O.C9H13.C4H11Si.Ti/c1-8-5-9(11(2,3)4)7-10(12)6-8;1-6-5-7(2)9(4)8(6)3;1-3-5-4-2;/h5-7,12H,1-4H3;6H,1-4H3;5H,3-4H2,1-2H3;/q;;;+1/p-1. The Morgan fingerprint density at radius 3 is 2.00 bits per heavy atom. The van der Waals surface area contributed by atoms with Crippen molar-refractivity contribution in [2.45, 2.75) is 86.7 Å². The van der Waals surface area contributed by atoms with Crippen molar-refractivity contribution in [3.8, 4) is 5.75 Å². The molecule has 0 aliphatic heterocycles. The first-order valence-corrected chi connectivity index (χ1v) is 16.9. The van der Waals surface area contributed by atoms with Crippen molar-refractivity contribution in [2.75, 3.05) is 0 Å². The molecule has 0 N–H and O–H groups in total. The number of rotatable bonds is 6. The molecule has 1 aliphatic carbocycles. The quantitative estimate of drug-likeness (QED) is 0.442. The molecule has 0 heterocycles. The van der Waals surface area contributed by atoms with E-state index in [2.05, 4.69) is 87.4 Å². The minimum absolute atomic E-state index is 0.154. The van der Waals surface area contributed by atoms with Crippen LogP contribution in [-0.4, -0.2) is 6.66 Å². The Balaban J connectivity index is 2.48. The van der Waals surface area contributed by atoms with Crippen LogP contribution in [0.25, 0.3) is 0 Å². The molecule has 3 heteroatoms. The van der Waals surface area contributed by atoms with Gasteiger partial charge in [-0.3, -0.25) is 0 Å². The van der Waals surface area contributed by atoms with E-state index in [0.29, 0.717) is 5.92 Å². The van der Waals surface area contributed by atoms with Gasteiger partial charge in [0.05, 0.1) is 0 Å². The van der Waals surface area contributed by atoms with Gasteiger partial charge in [0.2, 0.25) is 0 Å². The number of aryl methyl sites for hydroxylation is 1. The molecule has 27 heavy (non-hydrogen) atoms. The van der Waals surface area contributed by atoms with Gasteiger partial charge in [0.15, 0.2) is 0 Å². The molecule has 1 aromatic rings. The van der Waals surface area contributed by atoms with Crippen molar-refractivity contribution < 1.29 is 20.8 Å². The van der Waals surface area contributed by atoms with Crippen molar-refractivity contribution in [3.05, 3.63) is 49.9 Å². The molecule has 0 saturated heterocycles. The third-order valence-corrected chi connectivity index (χ3v) is 21.0. The molecule has 149 valence electrons. The summed E-state index contributed by atoms with van der Waals surface area (Å²) >= 11 is -1.78. The molecule has 1 aliphatic rings. The number of hydrogen-bond donors (Lipinski definition) is 0. The molecule has 0 aromatic heterocycles. The van der Waals surface area contributed by atoms with Crippen LogP contribution in [0, 0.1) is 12.8 Å². The summed E-state index contributed by atoms with van der Waals surface area (Å²) in [6.45, 7) is 22.4. The van der Waals surface area contributed by atoms with E-state index in [9.17, 15) is 0 Å². The Morgan fingerprint density at radius 1 is 0.963 bits per heavy atom. The zero-order chi connectivity index (χ0) is 20.5. The van der Waals surface area contributed by atoms with Crippen molar-refractivity contribution in [3.63, 3.8) is 0 Å². The Morgan fingerprint density at radius 2 is 1.56 bits per heavy atom. The number of benzene rings is 1. The first kappa shape index (κ1) is 22.7. The van der Waals surface area contributed by atoms with E-state index in [-0.39, 0.29) is 5.41 Å². The normalized spacial score (nSPS) is 18.0. The summed E-state index contributed by atoms with van der Waals surface area (Å²) in [5, 5.41) is 0. The molecule has 0 fully saturated rings. The zero-order valence-electron chi connectivity index (χ0n) is 19.2. The maximum atomic E-state index is 7.04. The summed E-state index contributed by atoms with van der Waals surface area (Å²) in [7, 11) is 0. The fourth-order valence-electron chi connectivity index (χ4n) is 4.15. The van der Waals surface area contributed by atoms with E-state index in [4.69, 9.17) is 3.32 Å². The summed E-state index contributed by atoms with van der Waals surface area (Å²) in [5.74, 6) is 1.71. The Labute approximate surface area is 175 Å². The Hall–Kier alpha value is -0.569. The van der Waals surface area contributed by atoms with Crippen molar-refractivity contribution in [1.29, 1.82) is 0 Å². The average Bonchev–Trinajstić information content (AvgIpc) is 2.77. The van der Waals surface area contributed by atoms with Crippen LogP contribution >= 0.6 is 0 Å². The topological polar surface area (TPSA) is 9.23 Å². The van der Waals surface area contributed by atoms with Gasteiger partial charge in [-0.2, -0.15) is 0 Å². The predicted molar refractivity (Wildman–Crippen MR) is 119 cm³/mol. The summed E-state index contributed by atoms with van der Waals surface area (Å²) in [6, 6.07) is 9.61. The van der Waals surface area contributed by atoms with Crippen molar-refractivity contribution in [2.24, 2.45) is 5.92 Å². The van der Waals surface area contributed by atoms with E-state index in [1.807, 2.05) is 0 Å². The van der Waals surface area contributed by atoms with Gasteiger partial charge in [0.25, 0.3) is 0 Å². The fourth-order valence-corrected chi connectivity index (χ4v) is 17.5. The van der Waals surface area contributed by atoms with Gasteiger partial charge in [-0.1, -0.05) is 0 Å². The molecule has 1 nitrogen and oxygen atoms in total. The molecule has 0 spiro atoms. The predicted octanol–water partition coefficient (Wildman–Crippen LogP) is 7.23. The first-order valence-electron chi connectivity index (χ1n) is 10.6.